The van der Waals surface area contributed by atoms with Gasteiger partial charge in [0.25, 0.3) is 15.7 Å². The molecule has 0 radical (unpaired) electrons. The van der Waals surface area contributed by atoms with E-state index in [1.54, 1.807) is 0 Å². The van der Waals surface area contributed by atoms with Gasteiger partial charge >= 0.3 is 6.18 Å². The summed E-state index contributed by atoms with van der Waals surface area (Å²) in [5, 5.41) is 10.6. The van der Waals surface area contributed by atoms with Gasteiger partial charge in [0.15, 0.2) is 0 Å². The maximum atomic E-state index is 12.9. The third-order valence-electron chi connectivity index (χ3n) is 3.15. The average molecular weight is 360 g/mol. The summed E-state index contributed by atoms with van der Waals surface area (Å²) >= 11 is 0. The lowest BCUT2D eigenvalue weighted by Crippen LogP contribution is -2.14. The monoisotopic (exact) mass is 360 g/mol. The van der Waals surface area contributed by atoms with Gasteiger partial charge < -0.3 is 0 Å². The Bertz CT molecular complexity index is 878. The maximum absolute atomic E-state index is 12.9. The van der Waals surface area contributed by atoms with Crippen LogP contribution in [0.1, 0.15) is 11.1 Å². The van der Waals surface area contributed by atoms with Crippen molar-refractivity contribution in [2.45, 2.75) is 18.0 Å². The number of rotatable bonds is 4. The van der Waals surface area contributed by atoms with E-state index in [9.17, 15) is 31.7 Å². The highest BCUT2D eigenvalue weighted by molar-refractivity contribution is 7.92. The number of benzene rings is 2. The number of alkyl halides is 3. The summed E-state index contributed by atoms with van der Waals surface area (Å²) in [4.78, 5) is 9.55. The number of nitrogens with zero attached hydrogens (tertiary/aromatic N) is 1. The minimum atomic E-state index is -4.61. The quantitative estimate of drug-likeness (QED) is 0.665. The lowest BCUT2D eigenvalue weighted by Gasteiger charge is -2.13. The summed E-state index contributed by atoms with van der Waals surface area (Å²) in [6.07, 6.45) is -4.61. The van der Waals surface area contributed by atoms with Crippen LogP contribution in [0, 0.1) is 17.0 Å². The Balaban J connectivity index is 2.34. The molecule has 0 aliphatic carbocycles. The number of halogens is 3. The van der Waals surface area contributed by atoms with Crippen molar-refractivity contribution in [3.63, 3.8) is 0 Å². The Kier molecular flexibility index (Phi) is 4.52. The number of hydrogen-bond donors (Lipinski definition) is 1. The van der Waals surface area contributed by atoms with Crippen molar-refractivity contribution in [1.29, 1.82) is 0 Å². The van der Waals surface area contributed by atoms with Gasteiger partial charge in [-0.05, 0) is 36.8 Å². The molecule has 0 aromatic heterocycles. The second-order valence-electron chi connectivity index (χ2n) is 4.88. The highest BCUT2D eigenvalue weighted by atomic mass is 32.2. The van der Waals surface area contributed by atoms with E-state index in [4.69, 9.17) is 0 Å². The van der Waals surface area contributed by atoms with E-state index in [-0.39, 0.29) is 21.8 Å². The van der Waals surface area contributed by atoms with Crippen molar-refractivity contribution in [3.8, 4) is 0 Å². The first-order chi connectivity index (χ1) is 11.0. The van der Waals surface area contributed by atoms with Crippen LogP contribution in [0.25, 0.3) is 0 Å². The smallest absolute Gasteiger partial charge is 0.280 e. The summed E-state index contributed by atoms with van der Waals surface area (Å²) in [5.41, 5.74) is -1.55. The first kappa shape index (κ1) is 17.7. The lowest BCUT2D eigenvalue weighted by atomic mass is 10.1. The van der Waals surface area contributed by atoms with Crippen LogP contribution in [-0.4, -0.2) is 13.3 Å². The molecule has 2 aromatic rings. The molecule has 0 amide bonds. The fraction of sp³-hybridized carbons (Fsp3) is 0.143. The Morgan fingerprint density at radius 1 is 1.08 bits per heavy atom. The number of anilines is 1. The Morgan fingerprint density at radius 3 is 2.17 bits per heavy atom. The SMILES string of the molecule is Cc1ccc(NS(=O)(=O)c2ccc([N+](=O)[O-])cc2)cc1C(F)(F)F. The van der Waals surface area contributed by atoms with Gasteiger partial charge in [0.1, 0.15) is 0 Å². The van der Waals surface area contributed by atoms with Crippen molar-refractivity contribution >= 4 is 21.4 Å². The van der Waals surface area contributed by atoms with Gasteiger partial charge in [-0.2, -0.15) is 13.2 Å². The molecule has 10 heteroatoms. The minimum absolute atomic E-state index is 0.0409. The van der Waals surface area contributed by atoms with E-state index in [1.165, 1.54) is 13.0 Å². The van der Waals surface area contributed by atoms with Crippen molar-refractivity contribution in [1.82, 2.24) is 0 Å². The molecule has 2 rings (SSSR count). The fourth-order valence-electron chi connectivity index (χ4n) is 1.95. The number of nitro benzene ring substituents is 1. The second kappa shape index (κ2) is 6.11. The number of non-ortho nitro benzene ring substituents is 1. The fourth-order valence-corrected chi connectivity index (χ4v) is 3.00. The minimum Gasteiger partial charge on any atom is -0.280 e. The van der Waals surface area contributed by atoms with Crippen molar-refractivity contribution in [2.24, 2.45) is 0 Å². The van der Waals surface area contributed by atoms with Crippen molar-refractivity contribution in [2.75, 3.05) is 4.72 Å². The first-order valence-electron chi connectivity index (χ1n) is 6.46. The van der Waals surface area contributed by atoms with Crippen LogP contribution in [0.3, 0.4) is 0 Å². The van der Waals surface area contributed by atoms with E-state index in [0.29, 0.717) is 6.07 Å². The van der Waals surface area contributed by atoms with E-state index in [1.807, 2.05) is 4.72 Å². The van der Waals surface area contributed by atoms with Gasteiger partial charge in [-0.1, -0.05) is 6.07 Å². The molecule has 6 nitrogen and oxygen atoms in total. The molecule has 0 unspecified atom stereocenters. The van der Waals surface area contributed by atoms with Crippen LogP contribution >= 0.6 is 0 Å². The van der Waals surface area contributed by atoms with Gasteiger partial charge in [-0.3, -0.25) is 14.8 Å². The zero-order chi connectivity index (χ0) is 18.1. The van der Waals surface area contributed by atoms with E-state index < -0.39 is 26.7 Å². The first-order valence-corrected chi connectivity index (χ1v) is 7.94. The lowest BCUT2D eigenvalue weighted by molar-refractivity contribution is -0.384. The zero-order valence-corrected chi connectivity index (χ0v) is 13.0. The van der Waals surface area contributed by atoms with Gasteiger partial charge in [0.2, 0.25) is 0 Å². The molecule has 0 fully saturated rings. The van der Waals surface area contributed by atoms with Crippen LogP contribution in [0.15, 0.2) is 47.4 Å². The number of sulfonamides is 1. The number of nitrogens with one attached hydrogen (secondary N) is 1. The summed E-state index contributed by atoms with van der Waals surface area (Å²) in [6.45, 7) is 1.26. The molecular weight excluding hydrogens is 349 g/mol. The molecule has 24 heavy (non-hydrogen) atoms. The molecule has 1 N–H and O–H groups in total. The normalized spacial score (nSPS) is 12.0. The average Bonchev–Trinajstić information content (AvgIpc) is 2.48. The van der Waals surface area contributed by atoms with Gasteiger partial charge in [0.05, 0.1) is 15.4 Å². The van der Waals surface area contributed by atoms with Crippen LogP contribution in [0.4, 0.5) is 24.5 Å². The molecule has 0 saturated carbocycles. The van der Waals surface area contributed by atoms with Crippen molar-refractivity contribution < 1.29 is 26.5 Å². The topological polar surface area (TPSA) is 89.3 Å². The largest absolute Gasteiger partial charge is 0.416 e. The molecular formula is C14H11F3N2O4S. The van der Waals surface area contributed by atoms with Crippen molar-refractivity contribution in [3.05, 3.63) is 63.7 Å². The maximum Gasteiger partial charge on any atom is 0.416 e. The predicted octanol–water partition coefficient (Wildman–Crippen LogP) is 3.72. The number of nitro groups is 1. The summed E-state index contributed by atoms with van der Waals surface area (Å²) < 4.78 is 64.9. The van der Waals surface area contributed by atoms with Crippen LogP contribution in [-0.2, 0) is 16.2 Å². The highest BCUT2D eigenvalue weighted by Gasteiger charge is 2.32. The zero-order valence-electron chi connectivity index (χ0n) is 12.2. The molecule has 128 valence electrons. The third kappa shape index (κ3) is 3.82. The van der Waals surface area contributed by atoms with E-state index in [0.717, 1.165) is 30.3 Å². The molecule has 2 aromatic carbocycles. The standard InChI is InChI=1S/C14H11F3N2O4S/c1-9-2-3-10(8-13(9)14(15,16)17)18-24(22,23)12-6-4-11(5-7-12)19(20)21/h2-8,18H,1H3. The Morgan fingerprint density at radius 2 is 1.67 bits per heavy atom. The molecule has 0 heterocycles. The molecule has 0 aliphatic rings. The third-order valence-corrected chi connectivity index (χ3v) is 4.55. The van der Waals surface area contributed by atoms with Crippen LogP contribution in [0.5, 0.6) is 0 Å². The van der Waals surface area contributed by atoms with Crippen LogP contribution < -0.4 is 4.72 Å². The molecule has 0 aliphatic heterocycles. The molecule has 0 saturated heterocycles. The second-order valence-corrected chi connectivity index (χ2v) is 6.57. The summed E-state index contributed by atoms with van der Waals surface area (Å²) in [6, 6.07) is 7.02. The summed E-state index contributed by atoms with van der Waals surface area (Å²) in [7, 11) is -4.17. The molecule has 0 atom stereocenters. The number of hydrogen-bond acceptors (Lipinski definition) is 4. The highest BCUT2D eigenvalue weighted by Crippen LogP contribution is 2.34. The van der Waals surface area contributed by atoms with E-state index in [2.05, 4.69) is 0 Å². The Labute approximate surface area is 135 Å². The predicted molar refractivity (Wildman–Crippen MR) is 80.1 cm³/mol. The number of aryl methyl sites for hydroxylation is 1. The van der Waals surface area contributed by atoms with Gasteiger partial charge in [0, 0.05) is 17.8 Å². The summed E-state index contributed by atoms with van der Waals surface area (Å²) in [5.74, 6) is 0. The van der Waals surface area contributed by atoms with Crippen LogP contribution in [0.2, 0.25) is 0 Å². The molecule has 0 spiro atoms. The van der Waals surface area contributed by atoms with E-state index >= 15 is 0 Å². The molecule has 0 bridgehead atoms. The van der Waals surface area contributed by atoms with Gasteiger partial charge in [-0.15, -0.1) is 0 Å². The Hall–Kier alpha value is -2.62. The van der Waals surface area contributed by atoms with Gasteiger partial charge in [-0.25, -0.2) is 8.42 Å².